The zero-order valence-electron chi connectivity index (χ0n) is 8.11. The van der Waals surface area contributed by atoms with Crippen molar-refractivity contribution in [1.29, 1.82) is 0 Å². The van der Waals surface area contributed by atoms with Gasteiger partial charge in [0.05, 0.1) is 4.92 Å². The van der Waals surface area contributed by atoms with Crippen molar-refractivity contribution >= 4 is 11.5 Å². The molecule has 1 aromatic carbocycles. The molecular formula is C10H11NO3. The van der Waals surface area contributed by atoms with Crippen molar-refractivity contribution in [2.45, 2.75) is 20.3 Å². The summed E-state index contributed by atoms with van der Waals surface area (Å²) in [6.07, 6.45) is 0.257. The first-order chi connectivity index (χ1) is 6.50. The van der Waals surface area contributed by atoms with Gasteiger partial charge in [-0.05, 0) is 25.0 Å². The lowest BCUT2D eigenvalue weighted by Gasteiger charge is -2.02. The number of aryl methyl sites for hydroxylation is 1. The zero-order chi connectivity index (χ0) is 10.7. The number of nitro groups is 1. The molecule has 1 aromatic rings. The van der Waals surface area contributed by atoms with Crippen molar-refractivity contribution in [3.63, 3.8) is 0 Å². The summed E-state index contributed by atoms with van der Waals surface area (Å²) in [6, 6.07) is 4.56. The molecule has 0 radical (unpaired) electrons. The van der Waals surface area contributed by atoms with Crippen LogP contribution in [0.5, 0.6) is 0 Å². The molecule has 0 fully saturated rings. The van der Waals surface area contributed by atoms with E-state index < -0.39 is 4.92 Å². The van der Waals surface area contributed by atoms with Gasteiger partial charge in [0.15, 0.2) is 0 Å². The van der Waals surface area contributed by atoms with Crippen molar-refractivity contribution in [1.82, 2.24) is 0 Å². The maximum atomic E-state index is 10.9. The molecule has 0 heterocycles. The van der Waals surface area contributed by atoms with Crippen LogP contribution in [0.2, 0.25) is 0 Å². The van der Waals surface area contributed by atoms with E-state index in [1.165, 1.54) is 19.1 Å². The second kappa shape index (κ2) is 4.00. The van der Waals surface area contributed by atoms with Crippen molar-refractivity contribution < 1.29 is 9.72 Å². The number of carbonyl (C=O) groups excluding carboxylic acids is 1. The van der Waals surface area contributed by atoms with Gasteiger partial charge in [-0.3, -0.25) is 14.9 Å². The SMILES string of the molecule is CC(=O)Cc1cc([N+](=O)[O-])ccc1C. The van der Waals surface area contributed by atoms with Crippen molar-refractivity contribution in [2.75, 3.05) is 0 Å². The second-order valence-electron chi connectivity index (χ2n) is 3.25. The number of non-ortho nitro benzene ring substituents is 1. The molecule has 0 unspecified atom stereocenters. The van der Waals surface area contributed by atoms with Crippen LogP contribution in [0.1, 0.15) is 18.1 Å². The molecule has 14 heavy (non-hydrogen) atoms. The number of benzene rings is 1. The summed E-state index contributed by atoms with van der Waals surface area (Å²) in [4.78, 5) is 20.9. The molecule has 0 saturated heterocycles. The van der Waals surface area contributed by atoms with Gasteiger partial charge in [0.1, 0.15) is 5.78 Å². The third-order valence-corrected chi connectivity index (χ3v) is 1.98. The van der Waals surface area contributed by atoms with E-state index in [9.17, 15) is 14.9 Å². The van der Waals surface area contributed by atoms with E-state index in [2.05, 4.69) is 0 Å². The first-order valence-corrected chi connectivity index (χ1v) is 4.24. The van der Waals surface area contributed by atoms with Crippen LogP contribution in [0.25, 0.3) is 0 Å². The van der Waals surface area contributed by atoms with Crippen LogP contribution in [-0.2, 0) is 11.2 Å². The molecule has 0 amide bonds. The smallest absolute Gasteiger partial charge is 0.269 e. The van der Waals surface area contributed by atoms with Crippen molar-refractivity contribution in [2.24, 2.45) is 0 Å². The van der Waals surface area contributed by atoms with Crippen LogP contribution in [0.4, 0.5) is 5.69 Å². The van der Waals surface area contributed by atoms with E-state index in [0.29, 0.717) is 0 Å². The maximum absolute atomic E-state index is 10.9. The van der Waals surface area contributed by atoms with Crippen molar-refractivity contribution in [3.05, 3.63) is 39.4 Å². The molecule has 0 bridgehead atoms. The standard InChI is InChI=1S/C10H11NO3/c1-7-3-4-10(11(13)14)6-9(7)5-8(2)12/h3-4,6H,5H2,1-2H3. The lowest BCUT2D eigenvalue weighted by Crippen LogP contribution is -2.00. The molecule has 0 N–H and O–H groups in total. The minimum atomic E-state index is -0.455. The minimum absolute atomic E-state index is 0.00796. The Balaban J connectivity index is 3.08. The number of rotatable bonds is 3. The number of carbonyl (C=O) groups is 1. The summed E-state index contributed by atoms with van der Waals surface area (Å²) in [6.45, 7) is 3.31. The lowest BCUT2D eigenvalue weighted by atomic mass is 10.0. The first-order valence-electron chi connectivity index (χ1n) is 4.24. The maximum Gasteiger partial charge on any atom is 0.269 e. The fourth-order valence-corrected chi connectivity index (χ4v) is 1.23. The molecule has 0 aliphatic carbocycles. The summed E-state index contributed by atoms with van der Waals surface area (Å²) in [7, 11) is 0. The Morgan fingerprint density at radius 3 is 2.64 bits per heavy atom. The number of hydrogen-bond acceptors (Lipinski definition) is 3. The van der Waals surface area contributed by atoms with Gasteiger partial charge >= 0.3 is 0 Å². The molecule has 0 aliphatic rings. The minimum Gasteiger partial charge on any atom is -0.300 e. The third kappa shape index (κ3) is 2.39. The highest BCUT2D eigenvalue weighted by Crippen LogP contribution is 2.17. The number of ketones is 1. The van der Waals surface area contributed by atoms with Crippen LogP contribution < -0.4 is 0 Å². The fraction of sp³-hybridized carbons (Fsp3) is 0.300. The van der Waals surface area contributed by atoms with E-state index in [1.807, 2.05) is 6.92 Å². The van der Waals surface area contributed by atoms with Gasteiger partial charge in [0.2, 0.25) is 0 Å². The summed E-state index contributed by atoms with van der Waals surface area (Å²) in [5.41, 5.74) is 1.67. The molecule has 0 saturated carbocycles. The number of Topliss-reactive ketones (excluding diaryl/α,β-unsaturated/α-hetero) is 1. The molecule has 4 heteroatoms. The molecule has 0 aromatic heterocycles. The molecule has 74 valence electrons. The van der Waals surface area contributed by atoms with Gasteiger partial charge in [0, 0.05) is 18.6 Å². The Kier molecular flexibility index (Phi) is 2.96. The third-order valence-electron chi connectivity index (χ3n) is 1.98. The Bertz CT molecular complexity index is 385. The summed E-state index contributed by atoms with van der Waals surface area (Å²) in [5, 5.41) is 10.5. The Labute approximate surface area is 81.7 Å². The number of nitro benzene ring substituents is 1. The topological polar surface area (TPSA) is 60.2 Å². The van der Waals surface area contributed by atoms with E-state index in [1.54, 1.807) is 6.07 Å². The van der Waals surface area contributed by atoms with Crippen LogP contribution >= 0.6 is 0 Å². The summed E-state index contributed by atoms with van der Waals surface area (Å²) in [5.74, 6) is 0.00796. The lowest BCUT2D eigenvalue weighted by molar-refractivity contribution is -0.384. The highest BCUT2D eigenvalue weighted by atomic mass is 16.6. The van der Waals surface area contributed by atoms with Gasteiger partial charge in [-0.2, -0.15) is 0 Å². The average Bonchev–Trinajstić information content (AvgIpc) is 2.07. The van der Waals surface area contributed by atoms with E-state index in [0.717, 1.165) is 11.1 Å². The summed E-state index contributed by atoms with van der Waals surface area (Å²) >= 11 is 0. The van der Waals surface area contributed by atoms with Crippen molar-refractivity contribution in [3.8, 4) is 0 Å². The van der Waals surface area contributed by atoms with E-state index in [4.69, 9.17) is 0 Å². The Morgan fingerprint density at radius 1 is 1.50 bits per heavy atom. The molecule has 4 nitrogen and oxygen atoms in total. The first kappa shape index (κ1) is 10.4. The highest BCUT2D eigenvalue weighted by Gasteiger charge is 2.09. The average molecular weight is 193 g/mol. The molecule has 1 rings (SSSR count). The number of nitrogens with zero attached hydrogens (tertiary/aromatic N) is 1. The van der Waals surface area contributed by atoms with Crippen LogP contribution in [-0.4, -0.2) is 10.7 Å². The summed E-state index contributed by atoms with van der Waals surface area (Å²) < 4.78 is 0. The Hall–Kier alpha value is -1.71. The van der Waals surface area contributed by atoms with Gasteiger partial charge in [-0.1, -0.05) is 6.07 Å². The predicted octanol–water partition coefficient (Wildman–Crippen LogP) is 2.03. The molecule has 0 aliphatic heterocycles. The van der Waals surface area contributed by atoms with Crippen LogP contribution in [0, 0.1) is 17.0 Å². The quantitative estimate of drug-likeness (QED) is 0.545. The molecule has 0 spiro atoms. The van der Waals surface area contributed by atoms with E-state index >= 15 is 0 Å². The normalized spacial score (nSPS) is 9.86. The zero-order valence-corrected chi connectivity index (χ0v) is 8.11. The Morgan fingerprint density at radius 2 is 2.14 bits per heavy atom. The fourth-order valence-electron chi connectivity index (χ4n) is 1.23. The highest BCUT2D eigenvalue weighted by molar-refractivity contribution is 5.78. The molecular weight excluding hydrogens is 182 g/mol. The monoisotopic (exact) mass is 193 g/mol. The van der Waals surface area contributed by atoms with Gasteiger partial charge < -0.3 is 0 Å². The number of hydrogen-bond donors (Lipinski definition) is 0. The van der Waals surface area contributed by atoms with Gasteiger partial charge in [-0.15, -0.1) is 0 Å². The molecule has 0 atom stereocenters. The van der Waals surface area contributed by atoms with E-state index in [-0.39, 0.29) is 17.9 Å². The largest absolute Gasteiger partial charge is 0.300 e. The second-order valence-corrected chi connectivity index (χ2v) is 3.25. The van der Waals surface area contributed by atoms with Crippen LogP contribution in [0.15, 0.2) is 18.2 Å². The predicted molar refractivity (Wildman–Crippen MR) is 52.2 cm³/mol. The van der Waals surface area contributed by atoms with Gasteiger partial charge in [-0.25, -0.2) is 0 Å². The van der Waals surface area contributed by atoms with Crippen LogP contribution in [0.3, 0.4) is 0 Å². The van der Waals surface area contributed by atoms with Gasteiger partial charge in [0.25, 0.3) is 5.69 Å².